The molecule has 1 saturated heterocycles. The van der Waals surface area contributed by atoms with E-state index < -0.39 is 0 Å². The Balaban J connectivity index is 1.56. The maximum atomic E-state index is 12.2. The van der Waals surface area contributed by atoms with Crippen LogP contribution in [0.1, 0.15) is 16.7 Å². The molecule has 2 aromatic rings. The maximum absolute atomic E-state index is 12.2. The quantitative estimate of drug-likeness (QED) is 0.603. The summed E-state index contributed by atoms with van der Waals surface area (Å²) in [5.74, 6) is -0.0128. The molecule has 5 heteroatoms. The zero-order valence-corrected chi connectivity index (χ0v) is 15.6. The smallest absolute Gasteiger partial charge is 0.265 e. The monoisotopic (exact) mass is 366 g/mol. The van der Waals surface area contributed by atoms with Crippen molar-refractivity contribution in [1.29, 1.82) is 0 Å². The van der Waals surface area contributed by atoms with Crippen molar-refractivity contribution in [3.05, 3.63) is 70.1 Å². The molecular weight excluding hydrogens is 348 g/mol. The molecule has 0 spiro atoms. The summed E-state index contributed by atoms with van der Waals surface area (Å²) in [4.78, 5) is 16.8. The number of thiocarbonyl (C=S) groups is 1. The topological polar surface area (TPSA) is 23.6 Å². The van der Waals surface area contributed by atoms with Crippen molar-refractivity contribution in [2.75, 3.05) is 18.5 Å². The van der Waals surface area contributed by atoms with Gasteiger partial charge in [-0.25, -0.2) is 0 Å². The lowest BCUT2D eigenvalue weighted by molar-refractivity contribution is -0.121. The summed E-state index contributed by atoms with van der Waals surface area (Å²) in [5.41, 5.74) is 5.03. The molecule has 0 aromatic heterocycles. The summed E-state index contributed by atoms with van der Waals surface area (Å²) in [5, 5.41) is 0. The van der Waals surface area contributed by atoms with Gasteiger partial charge in [0.05, 0.1) is 4.91 Å². The minimum atomic E-state index is -0.0128. The second kappa shape index (κ2) is 6.65. The predicted octanol–water partition coefficient (Wildman–Crippen LogP) is 4.08. The molecule has 1 fully saturated rings. The number of hydrogen-bond donors (Lipinski definition) is 0. The molecule has 3 nitrogen and oxygen atoms in total. The summed E-state index contributed by atoms with van der Waals surface area (Å²) in [7, 11) is 1.72. The fourth-order valence-electron chi connectivity index (χ4n) is 3.24. The SMILES string of the molecule is CN1C(=O)/C(=C\c2ccc3c(c2)CCN3Cc2ccccc2)SC1=S. The van der Waals surface area contributed by atoms with Gasteiger partial charge in [0, 0.05) is 25.8 Å². The third-order valence-corrected chi connectivity index (χ3v) is 6.08. The molecule has 0 N–H and O–H groups in total. The highest BCUT2D eigenvalue weighted by Gasteiger charge is 2.28. The molecule has 126 valence electrons. The molecule has 0 atom stereocenters. The Morgan fingerprint density at radius 3 is 2.72 bits per heavy atom. The Morgan fingerprint density at radius 1 is 1.20 bits per heavy atom. The average molecular weight is 367 g/mol. The van der Waals surface area contributed by atoms with Crippen LogP contribution in [0.15, 0.2) is 53.4 Å². The summed E-state index contributed by atoms with van der Waals surface area (Å²) < 4.78 is 0.617. The lowest BCUT2D eigenvalue weighted by Gasteiger charge is -2.19. The Morgan fingerprint density at radius 2 is 2.00 bits per heavy atom. The van der Waals surface area contributed by atoms with Gasteiger partial charge in [0.2, 0.25) is 0 Å². The fraction of sp³-hybridized carbons (Fsp3) is 0.200. The van der Waals surface area contributed by atoms with Crippen molar-refractivity contribution < 1.29 is 4.79 Å². The number of thioether (sulfide) groups is 1. The largest absolute Gasteiger partial charge is 0.367 e. The zero-order valence-electron chi connectivity index (χ0n) is 13.9. The molecule has 0 saturated carbocycles. The number of nitrogens with zero attached hydrogens (tertiary/aromatic N) is 2. The molecule has 2 aliphatic rings. The van der Waals surface area contributed by atoms with E-state index in [9.17, 15) is 4.79 Å². The van der Waals surface area contributed by atoms with E-state index >= 15 is 0 Å². The number of anilines is 1. The Hall–Kier alpha value is -2.11. The van der Waals surface area contributed by atoms with Gasteiger partial charge in [-0.05, 0) is 41.3 Å². The van der Waals surface area contributed by atoms with Crippen LogP contribution in [0.5, 0.6) is 0 Å². The first kappa shape index (κ1) is 16.4. The van der Waals surface area contributed by atoms with Gasteiger partial charge in [-0.1, -0.05) is 60.4 Å². The number of likely N-dealkylation sites (N-methyl/N-ethyl adjacent to an activating group) is 1. The van der Waals surface area contributed by atoms with Gasteiger partial charge in [0.1, 0.15) is 4.32 Å². The Labute approximate surface area is 157 Å². The second-order valence-corrected chi connectivity index (χ2v) is 7.96. The lowest BCUT2D eigenvalue weighted by atomic mass is 10.1. The minimum absolute atomic E-state index is 0.0128. The van der Waals surface area contributed by atoms with Crippen LogP contribution in [-0.4, -0.2) is 28.7 Å². The molecule has 0 bridgehead atoms. The number of hydrogen-bond acceptors (Lipinski definition) is 4. The van der Waals surface area contributed by atoms with Crippen molar-refractivity contribution in [3.63, 3.8) is 0 Å². The van der Waals surface area contributed by atoms with Gasteiger partial charge < -0.3 is 4.90 Å². The summed E-state index contributed by atoms with van der Waals surface area (Å²) in [6.45, 7) is 1.96. The first-order chi connectivity index (χ1) is 12.1. The number of carbonyl (C=O) groups excluding carboxylic acids is 1. The van der Waals surface area contributed by atoms with E-state index in [-0.39, 0.29) is 5.91 Å². The maximum Gasteiger partial charge on any atom is 0.265 e. The molecule has 0 radical (unpaired) electrons. The third-order valence-electron chi connectivity index (χ3n) is 4.60. The van der Waals surface area contributed by atoms with Crippen LogP contribution >= 0.6 is 24.0 Å². The molecule has 0 aliphatic carbocycles. The van der Waals surface area contributed by atoms with E-state index in [2.05, 4.69) is 47.4 Å². The Bertz CT molecular complexity index is 877. The van der Waals surface area contributed by atoms with Crippen molar-refractivity contribution >= 4 is 46.0 Å². The van der Waals surface area contributed by atoms with Crippen LogP contribution in [-0.2, 0) is 17.8 Å². The van der Waals surface area contributed by atoms with E-state index in [1.54, 1.807) is 7.05 Å². The van der Waals surface area contributed by atoms with Gasteiger partial charge in [0.25, 0.3) is 5.91 Å². The normalized spacial score (nSPS) is 18.4. The average Bonchev–Trinajstić information content (AvgIpc) is 3.12. The van der Waals surface area contributed by atoms with Gasteiger partial charge in [0.15, 0.2) is 0 Å². The predicted molar refractivity (Wildman–Crippen MR) is 109 cm³/mol. The van der Waals surface area contributed by atoms with E-state index in [0.717, 1.165) is 25.1 Å². The molecule has 2 aromatic carbocycles. The van der Waals surface area contributed by atoms with Crippen molar-refractivity contribution in [1.82, 2.24) is 4.90 Å². The number of fused-ring (bicyclic) bond motifs is 1. The van der Waals surface area contributed by atoms with E-state index in [1.165, 1.54) is 33.5 Å². The summed E-state index contributed by atoms with van der Waals surface area (Å²) in [6, 6.07) is 17.0. The highest BCUT2D eigenvalue weighted by molar-refractivity contribution is 8.26. The lowest BCUT2D eigenvalue weighted by Crippen LogP contribution is -2.22. The molecular formula is C20H18N2OS2. The molecule has 0 unspecified atom stereocenters. The van der Waals surface area contributed by atoms with E-state index in [1.807, 2.05) is 12.1 Å². The van der Waals surface area contributed by atoms with Gasteiger partial charge in [-0.3, -0.25) is 9.69 Å². The van der Waals surface area contributed by atoms with Gasteiger partial charge in [-0.15, -0.1) is 0 Å². The van der Waals surface area contributed by atoms with Crippen LogP contribution in [0.3, 0.4) is 0 Å². The van der Waals surface area contributed by atoms with Crippen LogP contribution in [0.4, 0.5) is 5.69 Å². The summed E-state index contributed by atoms with van der Waals surface area (Å²) >= 11 is 6.56. The molecule has 2 aliphatic heterocycles. The van der Waals surface area contributed by atoms with Gasteiger partial charge >= 0.3 is 0 Å². The number of rotatable bonds is 3. The minimum Gasteiger partial charge on any atom is -0.367 e. The van der Waals surface area contributed by atoms with Crippen molar-refractivity contribution in [2.45, 2.75) is 13.0 Å². The number of carbonyl (C=O) groups is 1. The van der Waals surface area contributed by atoms with E-state index in [4.69, 9.17) is 12.2 Å². The van der Waals surface area contributed by atoms with Crippen molar-refractivity contribution in [3.8, 4) is 0 Å². The number of benzene rings is 2. The van der Waals surface area contributed by atoms with E-state index in [0.29, 0.717) is 9.23 Å². The second-order valence-electron chi connectivity index (χ2n) is 6.29. The summed E-state index contributed by atoms with van der Waals surface area (Å²) in [6.07, 6.45) is 2.99. The standard InChI is InChI=1S/C20H18N2OS2/c1-21-19(23)18(25-20(21)24)12-15-7-8-17-16(11-15)9-10-22(17)13-14-5-3-2-4-6-14/h2-8,11-12H,9-10,13H2,1H3/b18-12+. The molecule has 2 heterocycles. The highest BCUT2D eigenvalue weighted by Crippen LogP contribution is 2.34. The third kappa shape index (κ3) is 3.22. The van der Waals surface area contributed by atoms with Crippen molar-refractivity contribution in [2.24, 2.45) is 0 Å². The molecule has 25 heavy (non-hydrogen) atoms. The highest BCUT2D eigenvalue weighted by atomic mass is 32.2. The van der Waals surface area contributed by atoms with Crippen LogP contribution in [0, 0.1) is 0 Å². The fourth-order valence-corrected chi connectivity index (χ4v) is 4.42. The first-order valence-corrected chi connectivity index (χ1v) is 9.47. The molecule has 4 rings (SSSR count). The van der Waals surface area contributed by atoms with Gasteiger partial charge in [-0.2, -0.15) is 0 Å². The Kier molecular flexibility index (Phi) is 4.36. The van der Waals surface area contributed by atoms with Crippen LogP contribution in [0.2, 0.25) is 0 Å². The first-order valence-electron chi connectivity index (χ1n) is 8.25. The van der Waals surface area contributed by atoms with Crippen LogP contribution < -0.4 is 4.90 Å². The van der Waals surface area contributed by atoms with Crippen LogP contribution in [0.25, 0.3) is 6.08 Å². The molecule has 1 amide bonds. The zero-order chi connectivity index (χ0) is 17.4. The number of amides is 1.